The van der Waals surface area contributed by atoms with Crippen molar-refractivity contribution in [2.24, 2.45) is 5.41 Å². The molecule has 1 aliphatic carbocycles. The molecule has 1 saturated heterocycles. The largest absolute Gasteiger partial charge is 0.389 e. The van der Waals surface area contributed by atoms with Crippen LogP contribution in [0.2, 0.25) is 0 Å². The van der Waals surface area contributed by atoms with Gasteiger partial charge in [0, 0.05) is 0 Å². The minimum absolute atomic E-state index is 0.376. The summed E-state index contributed by atoms with van der Waals surface area (Å²) < 4.78 is 4.57. The Morgan fingerprint density at radius 3 is 2.92 bits per heavy atom. The predicted octanol–water partition coefficient (Wildman–Crippen LogP) is 1.19. The number of carbonyl (C=O) groups is 2. The van der Waals surface area contributed by atoms with Gasteiger partial charge in [0.25, 0.3) is 0 Å². The van der Waals surface area contributed by atoms with Crippen molar-refractivity contribution in [3.05, 3.63) is 11.6 Å². The maximum absolute atomic E-state index is 11.3. The van der Waals surface area contributed by atoms with Gasteiger partial charge in [-0.2, -0.15) is 0 Å². The Balaban J connectivity index is 2.49. The molecule has 0 bridgehead atoms. The van der Waals surface area contributed by atoms with E-state index in [-0.39, 0.29) is 5.97 Å². The van der Waals surface area contributed by atoms with Gasteiger partial charge in [-0.05, 0) is 26.2 Å². The van der Waals surface area contributed by atoms with Gasteiger partial charge in [0.05, 0.1) is 11.0 Å². The van der Waals surface area contributed by atoms with Gasteiger partial charge in [0.15, 0.2) is 0 Å². The Bertz CT molecular complexity index is 290. The minimum atomic E-state index is -0.630. The minimum Gasteiger partial charge on any atom is -0.389 e. The lowest BCUT2D eigenvalue weighted by atomic mass is 9.76. The molecule has 12 heavy (non-hydrogen) atoms. The van der Waals surface area contributed by atoms with Gasteiger partial charge in [0.2, 0.25) is 0 Å². The highest BCUT2D eigenvalue weighted by Crippen LogP contribution is 2.43. The van der Waals surface area contributed by atoms with Crippen LogP contribution >= 0.6 is 0 Å². The van der Waals surface area contributed by atoms with Crippen LogP contribution in [-0.4, -0.2) is 11.9 Å². The fourth-order valence-corrected chi connectivity index (χ4v) is 1.83. The Morgan fingerprint density at radius 1 is 1.50 bits per heavy atom. The van der Waals surface area contributed by atoms with Crippen LogP contribution in [0, 0.1) is 5.41 Å². The molecule has 3 heteroatoms. The number of cyclic esters (lactones) is 2. The molecular formula is C9H10O3. The van der Waals surface area contributed by atoms with Gasteiger partial charge in [-0.15, -0.1) is 0 Å². The van der Waals surface area contributed by atoms with Crippen molar-refractivity contribution in [3.8, 4) is 0 Å². The molecule has 0 aromatic heterocycles. The van der Waals surface area contributed by atoms with Crippen LogP contribution in [0.4, 0.5) is 0 Å². The number of ether oxygens (including phenoxy) is 1. The number of fused-ring (bicyclic) bond motifs is 1. The van der Waals surface area contributed by atoms with Crippen LogP contribution in [0.5, 0.6) is 0 Å². The lowest BCUT2D eigenvalue weighted by Gasteiger charge is -2.22. The lowest BCUT2D eigenvalue weighted by Crippen LogP contribution is -2.26. The van der Waals surface area contributed by atoms with Crippen LogP contribution in [0.3, 0.4) is 0 Å². The van der Waals surface area contributed by atoms with E-state index in [0.29, 0.717) is 5.57 Å². The number of allylic oxidation sites excluding steroid dienone is 1. The highest BCUT2D eigenvalue weighted by molar-refractivity contribution is 6.09. The van der Waals surface area contributed by atoms with E-state index in [4.69, 9.17) is 0 Å². The zero-order chi connectivity index (χ0) is 8.77. The molecule has 2 aliphatic rings. The molecule has 0 amide bonds. The van der Waals surface area contributed by atoms with E-state index in [0.717, 1.165) is 19.3 Å². The van der Waals surface area contributed by atoms with E-state index < -0.39 is 11.4 Å². The van der Waals surface area contributed by atoms with Crippen molar-refractivity contribution in [1.29, 1.82) is 0 Å². The lowest BCUT2D eigenvalue weighted by molar-refractivity contribution is -0.154. The van der Waals surface area contributed by atoms with Crippen molar-refractivity contribution >= 4 is 11.9 Å². The maximum atomic E-state index is 11.3. The first-order chi connectivity index (χ1) is 5.64. The summed E-state index contributed by atoms with van der Waals surface area (Å²) in [5.74, 6) is -0.819. The molecule has 0 spiro atoms. The Hall–Kier alpha value is -1.12. The predicted molar refractivity (Wildman–Crippen MR) is 41.1 cm³/mol. The number of carbonyl (C=O) groups excluding carboxylic acids is 2. The Kier molecular flexibility index (Phi) is 1.37. The maximum Gasteiger partial charge on any atom is 0.342 e. The smallest absolute Gasteiger partial charge is 0.342 e. The second kappa shape index (κ2) is 2.19. The topological polar surface area (TPSA) is 43.4 Å². The summed E-state index contributed by atoms with van der Waals surface area (Å²) in [7, 11) is 0. The SMILES string of the molecule is C[C@]12CCCC=C1C(=O)OC2=O. The van der Waals surface area contributed by atoms with Gasteiger partial charge in [0.1, 0.15) is 0 Å². The van der Waals surface area contributed by atoms with E-state index in [9.17, 15) is 9.59 Å². The van der Waals surface area contributed by atoms with E-state index in [1.165, 1.54) is 0 Å². The number of rotatable bonds is 0. The van der Waals surface area contributed by atoms with Crippen molar-refractivity contribution in [3.63, 3.8) is 0 Å². The number of esters is 2. The van der Waals surface area contributed by atoms with E-state index in [2.05, 4.69) is 4.74 Å². The van der Waals surface area contributed by atoms with E-state index in [1.807, 2.05) is 6.08 Å². The first-order valence-corrected chi connectivity index (χ1v) is 4.12. The second-order valence-electron chi connectivity index (χ2n) is 3.52. The molecule has 0 saturated carbocycles. The number of hydrogen-bond donors (Lipinski definition) is 0. The molecule has 1 heterocycles. The summed E-state index contributed by atoms with van der Waals surface area (Å²) in [6.07, 6.45) is 4.41. The van der Waals surface area contributed by atoms with Crippen LogP contribution in [0.25, 0.3) is 0 Å². The third kappa shape index (κ3) is 0.763. The van der Waals surface area contributed by atoms with Gasteiger partial charge < -0.3 is 4.74 Å². The molecule has 0 aromatic rings. The fourth-order valence-electron chi connectivity index (χ4n) is 1.83. The average Bonchev–Trinajstić information content (AvgIpc) is 2.25. The summed E-state index contributed by atoms with van der Waals surface area (Å²) in [5.41, 5.74) is -0.0613. The van der Waals surface area contributed by atoms with Crippen molar-refractivity contribution in [2.45, 2.75) is 26.2 Å². The molecule has 1 fully saturated rings. The molecule has 0 N–H and O–H groups in total. The molecule has 0 unspecified atom stereocenters. The molecular weight excluding hydrogens is 156 g/mol. The quantitative estimate of drug-likeness (QED) is 0.401. The van der Waals surface area contributed by atoms with E-state index in [1.54, 1.807) is 6.92 Å². The summed E-state index contributed by atoms with van der Waals surface area (Å²) in [4.78, 5) is 22.4. The molecule has 2 rings (SSSR count). The zero-order valence-corrected chi connectivity index (χ0v) is 6.92. The molecule has 64 valence electrons. The highest BCUT2D eigenvalue weighted by Gasteiger charge is 2.50. The standard InChI is InChI=1S/C9H10O3/c1-9-5-3-2-4-6(9)7(10)12-8(9)11/h4H,2-3,5H2,1H3/t9-/m0/s1. The van der Waals surface area contributed by atoms with Crippen molar-refractivity contribution < 1.29 is 14.3 Å². The van der Waals surface area contributed by atoms with Crippen LogP contribution in [0.1, 0.15) is 26.2 Å². The first kappa shape index (κ1) is 7.53. The molecule has 0 radical (unpaired) electrons. The highest BCUT2D eigenvalue weighted by atomic mass is 16.6. The van der Waals surface area contributed by atoms with Crippen molar-refractivity contribution in [1.82, 2.24) is 0 Å². The van der Waals surface area contributed by atoms with E-state index >= 15 is 0 Å². The van der Waals surface area contributed by atoms with Crippen LogP contribution < -0.4 is 0 Å². The normalized spacial score (nSPS) is 34.2. The number of hydrogen-bond acceptors (Lipinski definition) is 3. The average molecular weight is 166 g/mol. The third-order valence-electron chi connectivity index (χ3n) is 2.68. The zero-order valence-electron chi connectivity index (χ0n) is 6.92. The Labute approximate surface area is 70.4 Å². The van der Waals surface area contributed by atoms with Gasteiger partial charge in [-0.3, -0.25) is 4.79 Å². The molecule has 3 nitrogen and oxygen atoms in total. The van der Waals surface area contributed by atoms with Crippen LogP contribution in [-0.2, 0) is 14.3 Å². The van der Waals surface area contributed by atoms with Gasteiger partial charge in [-0.1, -0.05) is 6.08 Å². The van der Waals surface area contributed by atoms with Crippen molar-refractivity contribution in [2.75, 3.05) is 0 Å². The molecule has 1 atom stereocenters. The van der Waals surface area contributed by atoms with Crippen LogP contribution in [0.15, 0.2) is 11.6 Å². The fraction of sp³-hybridized carbons (Fsp3) is 0.556. The Morgan fingerprint density at radius 2 is 2.25 bits per heavy atom. The monoisotopic (exact) mass is 166 g/mol. The van der Waals surface area contributed by atoms with Gasteiger partial charge >= 0.3 is 11.9 Å². The first-order valence-electron chi connectivity index (χ1n) is 4.12. The summed E-state index contributed by atoms with van der Waals surface area (Å²) in [6.45, 7) is 1.78. The second-order valence-corrected chi connectivity index (χ2v) is 3.52. The third-order valence-corrected chi connectivity index (χ3v) is 2.68. The van der Waals surface area contributed by atoms with Gasteiger partial charge in [-0.25, -0.2) is 4.79 Å². The molecule has 0 aromatic carbocycles. The summed E-state index contributed by atoms with van der Waals surface area (Å²) in [6, 6.07) is 0. The summed E-state index contributed by atoms with van der Waals surface area (Å²) >= 11 is 0. The summed E-state index contributed by atoms with van der Waals surface area (Å²) in [5, 5.41) is 0. The molecule has 1 aliphatic heterocycles.